The molecule has 4 rings (SSSR count). The Balaban J connectivity index is 1.59. The Labute approximate surface area is 169 Å². The SMILES string of the molecule is O=C(O)COc1cccc(CC2CCCc3ccc(-c4cccc(F)c4)cc32)c1. The number of aliphatic carboxylic acids is 1. The zero-order valence-corrected chi connectivity index (χ0v) is 16.1. The Bertz CT molecular complexity index is 1030. The molecular formula is C25H23FO3. The molecule has 0 bridgehead atoms. The number of carboxylic acids is 1. The van der Waals surface area contributed by atoms with E-state index in [1.54, 1.807) is 18.2 Å². The van der Waals surface area contributed by atoms with Crippen molar-refractivity contribution in [1.29, 1.82) is 0 Å². The second-order valence-corrected chi connectivity index (χ2v) is 7.55. The minimum Gasteiger partial charge on any atom is -0.482 e. The van der Waals surface area contributed by atoms with Crippen molar-refractivity contribution < 1.29 is 19.0 Å². The normalized spacial score (nSPS) is 15.6. The number of benzene rings is 3. The molecule has 1 atom stereocenters. The summed E-state index contributed by atoms with van der Waals surface area (Å²) in [6, 6.07) is 20.8. The lowest BCUT2D eigenvalue weighted by atomic mass is 9.78. The third-order valence-electron chi connectivity index (χ3n) is 5.49. The average Bonchev–Trinajstić information content (AvgIpc) is 2.72. The van der Waals surface area contributed by atoms with Crippen molar-refractivity contribution in [2.45, 2.75) is 31.6 Å². The molecule has 0 spiro atoms. The standard InChI is InChI=1S/C25H23FO3/c26-22-8-3-6-19(14-22)20-11-10-18-5-2-7-21(24(18)15-20)12-17-4-1-9-23(13-17)29-16-25(27)28/h1,3-4,6,8-11,13-15,21H,2,5,7,12,16H2,(H,27,28). The highest BCUT2D eigenvalue weighted by Gasteiger charge is 2.21. The van der Waals surface area contributed by atoms with Crippen LogP contribution >= 0.6 is 0 Å². The third-order valence-corrected chi connectivity index (χ3v) is 5.49. The van der Waals surface area contributed by atoms with Crippen LogP contribution in [0.5, 0.6) is 5.75 Å². The molecular weight excluding hydrogens is 367 g/mol. The molecule has 1 unspecified atom stereocenters. The van der Waals surface area contributed by atoms with Crippen LogP contribution in [0.2, 0.25) is 0 Å². The molecule has 0 fully saturated rings. The molecule has 1 N–H and O–H groups in total. The molecule has 0 saturated heterocycles. The smallest absolute Gasteiger partial charge is 0.341 e. The fourth-order valence-electron chi connectivity index (χ4n) is 4.15. The topological polar surface area (TPSA) is 46.5 Å². The molecule has 3 nitrogen and oxygen atoms in total. The fourth-order valence-corrected chi connectivity index (χ4v) is 4.15. The van der Waals surface area contributed by atoms with Gasteiger partial charge in [-0.3, -0.25) is 0 Å². The summed E-state index contributed by atoms with van der Waals surface area (Å²) in [6.45, 7) is -0.341. The van der Waals surface area contributed by atoms with Crippen molar-refractivity contribution in [1.82, 2.24) is 0 Å². The lowest BCUT2D eigenvalue weighted by molar-refractivity contribution is -0.139. The molecule has 0 aliphatic heterocycles. The van der Waals surface area contributed by atoms with Gasteiger partial charge >= 0.3 is 5.97 Å². The van der Waals surface area contributed by atoms with Gasteiger partial charge in [-0.15, -0.1) is 0 Å². The van der Waals surface area contributed by atoms with E-state index in [1.807, 2.05) is 18.2 Å². The van der Waals surface area contributed by atoms with Crippen molar-refractivity contribution in [2.24, 2.45) is 0 Å². The van der Waals surface area contributed by atoms with Gasteiger partial charge in [0.05, 0.1) is 0 Å². The third kappa shape index (κ3) is 4.65. The molecule has 3 aromatic rings. The fraction of sp³-hybridized carbons (Fsp3) is 0.240. The lowest BCUT2D eigenvalue weighted by Crippen LogP contribution is -2.13. The van der Waals surface area contributed by atoms with E-state index in [-0.39, 0.29) is 12.4 Å². The Hall–Kier alpha value is -3.14. The summed E-state index contributed by atoms with van der Waals surface area (Å²) in [6.07, 6.45) is 4.17. The summed E-state index contributed by atoms with van der Waals surface area (Å²) in [5.41, 5.74) is 5.74. The van der Waals surface area contributed by atoms with Gasteiger partial charge < -0.3 is 9.84 Å². The second-order valence-electron chi connectivity index (χ2n) is 7.55. The first-order chi connectivity index (χ1) is 14.1. The Morgan fingerprint density at radius 2 is 1.86 bits per heavy atom. The molecule has 3 aromatic carbocycles. The Kier molecular flexibility index (Phi) is 5.61. The largest absolute Gasteiger partial charge is 0.482 e. The van der Waals surface area contributed by atoms with E-state index in [9.17, 15) is 9.18 Å². The maximum atomic E-state index is 13.7. The second kappa shape index (κ2) is 8.48. The van der Waals surface area contributed by atoms with Crippen molar-refractivity contribution in [3.63, 3.8) is 0 Å². The van der Waals surface area contributed by atoms with Crippen molar-refractivity contribution >= 4 is 5.97 Å². The van der Waals surface area contributed by atoms with Gasteiger partial charge in [-0.2, -0.15) is 0 Å². The molecule has 0 radical (unpaired) electrons. The van der Waals surface area contributed by atoms with Crippen molar-refractivity contribution in [2.75, 3.05) is 6.61 Å². The molecule has 1 aliphatic rings. The van der Waals surface area contributed by atoms with E-state index in [0.29, 0.717) is 11.7 Å². The van der Waals surface area contributed by atoms with Crippen LogP contribution in [0, 0.1) is 5.82 Å². The molecule has 0 aromatic heterocycles. The number of fused-ring (bicyclic) bond motifs is 1. The van der Waals surface area contributed by atoms with Gasteiger partial charge in [0.25, 0.3) is 0 Å². The highest BCUT2D eigenvalue weighted by atomic mass is 19.1. The number of aryl methyl sites for hydroxylation is 1. The van der Waals surface area contributed by atoms with E-state index >= 15 is 0 Å². The summed E-state index contributed by atoms with van der Waals surface area (Å²) >= 11 is 0. The van der Waals surface area contributed by atoms with E-state index in [0.717, 1.165) is 42.4 Å². The van der Waals surface area contributed by atoms with Crippen LogP contribution in [0.3, 0.4) is 0 Å². The van der Waals surface area contributed by atoms with E-state index in [4.69, 9.17) is 9.84 Å². The van der Waals surface area contributed by atoms with Gasteiger partial charge in [-0.05, 0) is 83.7 Å². The van der Waals surface area contributed by atoms with Gasteiger partial charge in [0.1, 0.15) is 11.6 Å². The molecule has 0 amide bonds. The number of hydrogen-bond donors (Lipinski definition) is 1. The van der Waals surface area contributed by atoms with Gasteiger partial charge in [0.15, 0.2) is 6.61 Å². The predicted octanol–water partition coefficient (Wildman–Crippen LogP) is 5.62. The lowest BCUT2D eigenvalue weighted by Gasteiger charge is -2.26. The first-order valence-corrected chi connectivity index (χ1v) is 9.91. The first kappa shape index (κ1) is 19.2. The summed E-state index contributed by atoms with van der Waals surface area (Å²) in [5.74, 6) is -0.257. The van der Waals surface area contributed by atoms with E-state index < -0.39 is 5.97 Å². The zero-order valence-electron chi connectivity index (χ0n) is 16.1. The number of halogens is 1. The minimum absolute atomic E-state index is 0.227. The van der Waals surface area contributed by atoms with Crippen LogP contribution in [0.25, 0.3) is 11.1 Å². The van der Waals surface area contributed by atoms with E-state index in [1.165, 1.54) is 17.2 Å². The number of ether oxygens (including phenoxy) is 1. The Morgan fingerprint density at radius 3 is 2.69 bits per heavy atom. The molecule has 1 aliphatic carbocycles. The summed E-state index contributed by atoms with van der Waals surface area (Å²) < 4.78 is 19.0. The first-order valence-electron chi connectivity index (χ1n) is 9.91. The monoisotopic (exact) mass is 390 g/mol. The van der Waals surface area contributed by atoms with Crippen LogP contribution in [0.1, 0.15) is 35.4 Å². The summed E-state index contributed by atoms with van der Waals surface area (Å²) in [7, 11) is 0. The van der Waals surface area contributed by atoms with Crippen molar-refractivity contribution in [3.8, 4) is 16.9 Å². The zero-order chi connectivity index (χ0) is 20.2. The summed E-state index contributed by atoms with van der Waals surface area (Å²) in [4.78, 5) is 10.7. The van der Waals surface area contributed by atoms with Crippen LogP contribution in [-0.4, -0.2) is 17.7 Å². The van der Waals surface area contributed by atoms with Crippen LogP contribution in [0.4, 0.5) is 4.39 Å². The molecule has 0 saturated carbocycles. The molecule has 4 heteroatoms. The molecule has 148 valence electrons. The number of rotatable bonds is 6. The highest BCUT2D eigenvalue weighted by Crippen LogP contribution is 2.37. The highest BCUT2D eigenvalue weighted by molar-refractivity contribution is 5.68. The predicted molar refractivity (Wildman–Crippen MR) is 111 cm³/mol. The molecule has 0 heterocycles. The molecule has 29 heavy (non-hydrogen) atoms. The Morgan fingerprint density at radius 1 is 1.03 bits per heavy atom. The maximum absolute atomic E-state index is 13.7. The van der Waals surface area contributed by atoms with Crippen LogP contribution in [-0.2, 0) is 17.6 Å². The minimum atomic E-state index is -0.985. The van der Waals surface area contributed by atoms with E-state index in [2.05, 4.69) is 24.3 Å². The van der Waals surface area contributed by atoms with Gasteiger partial charge in [0.2, 0.25) is 0 Å². The van der Waals surface area contributed by atoms with Crippen molar-refractivity contribution in [3.05, 3.63) is 89.2 Å². The van der Waals surface area contributed by atoms with Crippen LogP contribution < -0.4 is 4.74 Å². The summed E-state index contributed by atoms with van der Waals surface area (Å²) in [5, 5.41) is 8.80. The van der Waals surface area contributed by atoms with Crippen LogP contribution in [0.15, 0.2) is 66.7 Å². The average molecular weight is 390 g/mol. The van der Waals surface area contributed by atoms with Gasteiger partial charge in [-0.1, -0.05) is 42.5 Å². The van der Waals surface area contributed by atoms with Gasteiger partial charge in [0, 0.05) is 0 Å². The number of carboxylic acid groups (broad SMARTS) is 1. The number of carbonyl (C=O) groups is 1. The maximum Gasteiger partial charge on any atom is 0.341 e. The quantitative estimate of drug-likeness (QED) is 0.594. The van der Waals surface area contributed by atoms with Gasteiger partial charge in [-0.25, -0.2) is 9.18 Å². The number of hydrogen-bond acceptors (Lipinski definition) is 2.